The fraction of sp³-hybridized carbons (Fsp3) is 0.275. The van der Waals surface area contributed by atoms with Crippen molar-refractivity contribution >= 4 is 45.0 Å². The Morgan fingerprint density at radius 3 is 1.35 bits per heavy atom. The Hall–Kier alpha value is -11.4. The summed E-state index contributed by atoms with van der Waals surface area (Å²) in [6, 6.07) is 40.9. The van der Waals surface area contributed by atoms with Crippen LogP contribution < -0.4 is 55.1 Å². The minimum absolute atomic E-state index is 0.0354. The number of rotatable bonds is 24. The van der Waals surface area contributed by atoms with Crippen molar-refractivity contribution in [2.75, 3.05) is 73.0 Å². The van der Waals surface area contributed by atoms with E-state index < -0.39 is 0 Å². The highest BCUT2D eigenvalue weighted by Crippen LogP contribution is 2.41. The number of nitrogens with two attached hydrogens (primary N) is 1. The summed E-state index contributed by atoms with van der Waals surface area (Å²) in [4.78, 5) is 73.3. The Morgan fingerprint density at radius 1 is 0.495 bits per heavy atom. The quantitative estimate of drug-likeness (QED) is 0.0533. The van der Waals surface area contributed by atoms with Gasteiger partial charge in [-0.15, -0.1) is 0 Å². The lowest BCUT2D eigenvalue weighted by Crippen LogP contribution is -2.25. The minimum Gasteiger partial charge on any atom is -0.497 e. The molecule has 3 N–H and O–H groups in total. The second kappa shape index (κ2) is 32.1. The van der Waals surface area contributed by atoms with E-state index in [4.69, 9.17) is 53.3 Å². The number of benzene rings is 5. The fourth-order valence-corrected chi connectivity index (χ4v) is 12.4. The van der Waals surface area contributed by atoms with Gasteiger partial charge in [-0.2, -0.15) is 0 Å². The maximum Gasteiger partial charge on any atom is 0.200 e. The minimum atomic E-state index is -0.297. The first-order valence-corrected chi connectivity index (χ1v) is 33.5. The molecule has 13 rings (SSSR count). The first kappa shape index (κ1) is 69.5. The second-order valence-electron chi connectivity index (χ2n) is 25.1. The van der Waals surface area contributed by atoms with Crippen LogP contribution in [0.4, 0.5) is 11.6 Å². The van der Waals surface area contributed by atoms with Gasteiger partial charge in [0.1, 0.15) is 40.4 Å². The molecule has 8 heterocycles. The molecule has 0 radical (unpaired) electrons. The van der Waals surface area contributed by atoms with Crippen LogP contribution in [0.1, 0.15) is 74.5 Å². The molecule has 0 unspecified atom stereocenters. The highest BCUT2D eigenvalue weighted by Gasteiger charge is 2.24. The molecule has 5 aromatic carbocycles. The van der Waals surface area contributed by atoms with E-state index in [2.05, 4.69) is 20.3 Å². The zero-order valence-corrected chi connectivity index (χ0v) is 57.6. The number of aromatic nitrogens is 6. The third-order valence-electron chi connectivity index (χ3n) is 18.0. The van der Waals surface area contributed by atoms with Crippen molar-refractivity contribution in [2.24, 2.45) is 11.8 Å². The highest BCUT2D eigenvalue weighted by molar-refractivity contribution is 5.99. The molecule has 6 aromatic heterocycles. The molecule has 0 amide bonds. The van der Waals surface area contributed by atoms with Crippen LogP contribution in [0, 0.1) is 25.7 Å². The number of nitrogens with one attached hydrogen (secondary N) is 1. The van der Waals surface area contributed by atoms with Gasteiger partial charge in [0.2, 0.25) is 0 Å². The average Bonchev–Trinajstić information content (AvgIpc) is 0.817. The van der Waals surface area contributed by atoms with Gasteiger partial charge in [0, 0.05) is 128 Å². The summed E-state index contributed by atoms with van der Waals surface area (Å²) >= 11 is 0. The smallest absolute Gasteiger partial charge is 0.200 e. The summed E-state index contributed by atoms with van der Waals surface area (Å²) in [7, 11) is 7.90. The van der Waals surface area contributed by atoms with Crippen molar-refractivity contribution in [1.29, 1.82) is 0 Å². The van der Waals surface area contributed by atoms with Crippen LogP contribution >= 0.6 is 0 Å². The number of nitrogens with zero attached hydrogens (tertiary/aromatic N) is 6. The van der Waals surface area contributed by atoms with Gasteiger partial charge in [0.05, 0.1) is 82.9 Å². The number of Topliss-reactive ketones (excluding diaryl/α,β-unsaturated/α-hetero) is 2. The van der Waals surface area contributed by atoms with Crippen molar-refractivity contribution in [3.63, 3.8) is 0 Å². The zero-order valence-electron chi connectivity index (χ0n) is 57.6. The predicted molar refractivity (Wildman–Crippen MR) is 388 cm³/mol. The number of ketones is 2. The molecule has 2 aliphatic heterocycles. The second-order valence-corrected chi connectivity index (χ2v) is 25.1. The summed E-state index contributed by atoms with van der Waals surface area (Å²) in [5.41, 5.74) is 13.8. The molecule has 2 saturated heterocycles. The van der Waals surface area contributed by atoms with Gasteiger partial charge in [-0.3, -0.25) is 29.1 Å². The van der Waals surface area contributed by atoms with E-state index in [1.807, 2.05) is 120 Å². The number of hydrogen-bond acceptors (Lipinski definition) is 19. The van der Waals surface area contributed by atoms with Crippen molar-refractivity contribution < 1.29 is 52.2 Å². The van der Waals surface area contributed by atoms with Gasteiger partial charge in [0.25, 0.3) is 0 Å². The van der Waals surface area contributed by atoms with Crippen LogP contribution in [0.2, 0.25) is 0 Å². The molecule has 0 spiro atoms. The van der Waals surface area contributed by atoms with Crippen molar-refractivity contribution in [1.82, 2.24) is 29.1 Å². The molecule has 0 bridgehead atoms. The lowest BCUT2D eigenvalue weighted by molar-refractivity contribution is 0.0611. The summed E-state index contributed by atoms with van der Waals surface area (Å²) < 4.78 is 54.9. The molecule has 0 saturated carbocycles. The molecule has 21 heteroatoms. The third kappa shape index (κ3) is 17.0. The van der Waals surface area contributed by atoms with Crippen molar-refractivity contribution in [3.8, 4) is 74.0 Å². The van der Waals surface area contributed by atoms with E-state index in [1.54, 1.807) is 103 Å². The van der Waals surface area contributed by atoms with E-state index in [0.29, 0.717) is 128 Å². The number of ether oxygens (including phenoxy) is 9. The van der Waals surface area contributed by atoms with Gasteiger partial charge in [-0.05, 0) is 117 Å². The standard InChI is InChI=1S/C44H44N4O7.C36H36N4O6/c1-28-5-9-31(10-6-28)36-26-48(25-30-15-17-54-18-16-30)27-37(44(36)50)39(49)19-32-11-14-34(24-45-32)55-40-22-43(46-23-29-7-12-33(51-2)13-8-29)47-38-21-42(53-4)41(52-3)20-35(38)40;1-22-4-6-24(7-5-22)28-20-40(19-23-10-12-45-13-11-23)21-29(36(28)42)31(41)14-25-8-9-26(18-38-25)46-32-17-35(37)39-30-16-34(44-3)33(43-2)15-27(30)32/h5-14,20-22,24,26-27,30H,15-19,23,25H2,1-4H3,(H,46,47);4-9,15-18,20-21,23H,10-14,19H2,1-3H3,(H2,37,39). The van der Waals surface area contributed by atoms with E-state index >= 15 is 0 Å². The number of hydrogen-bond donors (Lipinski definition) is 2. The number of carbonyl (C=O) groups is 2. The molecular weight excluding hydrogens is 1280 g/mol. The molecular formula is C80H80N8O13. The van der Waals surface area contributed by atoms with Crippen molar-refractivity contribution in [2.45, 2.75) is 72.0 Å². The van der Waals surface area contributed by atoms with Gasteiger partial charge in [-0.25, -0.2) is 9.97 Å². The molecule has 2 fully saturated rings. The van der Waals surface area contributed by atoms with Gasteiger partial charge >= 0.3 is 0 Å². The zero-order chi connectivity index (χ0) is 70.5. The Bertz CT molecular complexity index is 4880. The lowest BCUT2D eigenvalue weighted by Gasteiger charge is -2.23. The van der Waals surface area contributed by atoms with Crippen LogP contribution in [0.25, 0.3) is 44.1 Å². The normalized spacial score (nSPS) is 13.2. The first-order valence-electron chi connectivity index (χ1n) is 33.5. The van der Waals surface area contributed by atoms with Crippen LogP contribution in [-0.2, 0) is 41.9 Å². The SMILES string of the molecule is COc1cc2nc(N)cc(Oc3ccc(CC(=O)c4cn(CC5CCOCC5)cc(-c5ccc(C)cc5)c4=O)nc3)c2cc1OC.COc1ccc(CNc2cc(Oc3ccc(CC(=O)c4cn(CC5CCOCC5)cc(-c5ccc(C)cc5)c4=O)nc3)c3cc(OC)c(OC)cc3n2)cc1. The molecule has 101 heavy (non-hydrogen) atoms. The summed E-state index contributed by atoms with van der Waals surface area (Å²) in [6.07, 6.45) is 13.9. The maximum atomic E-state index is 13.8. The van der Waals surface area contributed by atoms with E-state index in [-0.39, 0.29) is 52.2 Å². The highest BCUT2D eigenvalue weighted by atomic mass is 16.5. The molecule has 0 atom stereocenters. The average molecular weight is 1360 g/mol. The summed E-state index contributed by atoms with van der Waals surface area (Å²) in [5, 5.41) is 4.77. The molecule has 11 aromatic rings. The van der Waals surface area contributed by atoms with E-state index in [9.17, 15) is 19.2 Å². The van der Waals surface area contributed by atoms with E-state index in [0.717, 1.165) is 85.7 Å². The van der Waals surface area contributed by atoms with Gasteiger partial charge < -0.3 is 62.8 Å². The molecule has 0 aliphatic carbocycles. The van der Waals surface area contributed by atoms with Crippen LogP contribution in [-0.4, -0.2) is 103 Å². The topological polar surface area (TPSA) is 251 Å². The predicted octanol–water partition coefficient (Wildman–Crippen LogP) is 14.1. The number of nitrogen functional groups attached to an aromatic ring is 1. The largest absolute Gasteiger partial charge is 0.497 e. The maximum absolute atomic E-state index is 13.8. The van der Waals surface area contributed by atoms with Crippen molar-refractivity contribution in [3.05, 3.63) is 230 Å². The third-order valence-corrected chi connectivity index (χ3v) is 18.0. The molecule has 21 nitrogen and oxygen atoms in total. The molecule has 518 valence electrons. The number of fused-ring (bicyclic) bond motifs is 2. The number of pyridine rings is 6. The lowest BCUT2D eigenvalue weighted by atomic mass is 9.98. The number of methoxy groups -OCH3 is 5. The fourth-order valence-electron chi connectivity index (χ4n) is 12.4. The van der Waals surface area contributed by atoms with Crippen LogP contribution in [0.15, 0.2) is 180 Å². The van der Waals surface area contributed by atoms with Crippen LogP contribution in [0.3, 0.4) is 0 Å². The van der Waals surface area contributed by atoms with E-state index in [1.165, 1.54) is 6.20 Å². The van der Waals surface area contributed by atoms with Gasteiger partial charge in [-0.1, -0.05) is 71.8 Å². The molecule has 2 aliphatic rings. The summed E-state index contributed by atoms with van der Waals surface area (Å²) in [5.74, 6) is 5.88. The Balaban J connectivity index is 0.000000194. The Labute approximate surface area is 584 Å². The Morgan fingerprint density at radius 2 is 0.921 bits per heavy atom. The van der Waals surface area contributed by atoms with Gasteiger partial charge in [0.15, 0.2) is 45.4 Å². The Kier molecular flexibility index (Phi) is 22.1. The van der Waals surface area contributed by atoms with Crippen LogP contribution in [0.5, 0.6) is 51.7 Å². The monoisotopic (exact) mass is 1360 g/mol. The number of aryl methyl sites for hydroxylation is 2. The number of carbonyl (C=O) groups excluding carboxylic acids is 2. The summed E-state index contributed by atoms with van der Waals surface area (Å²) in [6.45, 7) is 8.82. The number of anilines is 2. The first-order chi connectivity index (χ1) is 49.1.